The zero-order valence-electron chi connectivity index (χ0n) is 11.8. The lowest BCUT2D eigenvalue weighted by molar-refractivity contribution is -0.0370. The van der Waals surface area contributed by atoms with Gasteiger partial charge in [-0.3, -0.25) is 0 Å². The van der Waals surface area contributed by atoms with Crippen molar-refractivity contribution in [1.29, 1.82) is 0 Å². The first kappa shape index (κ1) is 14.7. The molecule has 1 aliphatic carbocycles. The summed E-state index contributed by atoms with van der Waals surface area (Å²) in [5, 5.41) is 0. The molecule has 2 atom stereocenters. The fourth-order valence-corrected chi connectivity index (χ4v) is 2.78. The van der Waals surface area contributed by atoms with Gasteiger partial charge in [-0.2, -0.15) is 0 Å². The van der Waals surface area contributed by atoms with E-state index < -0.39 is 0 Å². The van der Waals surface area contributed by atoms with Crippen molar-refractivity contribution >= 4 is 0 Å². The summed E-state index contributed by atoms with van der Waals surface area (Å²) in [4.78, 5) is 0. The third kappa shape index (κ3) is 4.11. The number of methoxy groups -OCH3 is 1. The lowest BCUT2D eigenvalue weighted by Crippen LogP contribution is -2.10. The predicted molar refractivity (Wildman–Crippen MR) is 71.9 cm³/mol. The molecule has 1 rings (SSSR count). The summed E-state index contributed by atoms with van der Waals surface area (Å²) in [5.41, 5.74) is 1.74. The first-order chi connectivity index (χ1) is 8.17. The largest absolute Gasteiger partial charge is 0.359 e. The van der Waals surface area contributed by atoms with Gasteiger partial charge in [0.05, 0.1) is 6.61 Å². The zero-order valence-corrected chi connectivity index (χ0v) is 11.8. The first-order valence-electron chi connectivity index (χ1n) is 6.90. The molecule has 1 aliphatic rings. The van der Waals surface area contributed by atoms with Gasteiger partial charge in [-0.1, -0.05) is 44.8 Å². The van der Waals surface area contributed by atoms with Crippen LogP contribution in [0.4, 0.5) is 0 Å². The lowest BCUT2D eigenvalue weighted by Gasteiger charge is -2.17. The van der Waals surface area contributed by atoms with Gasteiger partial charge < -0.3 is 9.47 Å². The maximum atomic E-state index is 5.48. The summed E-state index contributed by atoms with van der Waals surface area (Å²) >= 11 is 0. The minimum atomic E-state index is 0.390. The van der Waals surface area contributed by atoms with E-state index in [1.165, 1.54) is 44.1 Å². The zero-order chi connectivity index (χ0) is 12.7. The van der Waals surface area contributed by atoms with Crippen molar-refractivity contribution in [2.75, 3.05) is 20.5 Å². The molecular formula is C15H28O2. The van der Waals surface area contributed by atoms with Gasteiger partial charge in [-0.25, -0.2) is 0 Å². The Bertz CT molecular complexity index is 237. The quantitative estimate of drug-likeness (QED) is 0.324. The van der Waals surface area contributed by atoms with Crippen molar-refractivity contribution in [3.05, 3.63) is 12.2 Å². The second kappa shape index (κ2) is 7.17. The third-order valence-corrected chi connectivity index (χ3v) is 4.08. The molecule has 0 aromatic rings. The monoisotopic (exact) mass is 240 g/mol. The molecular weight excluding hydrogens is 212 g/mol. The van der Waals surface area contributed by atoms with Crippen LogP contribution in [-0.2, 0) is 9.47 Å². The number of rotatable bonds is 10. The molecule has 0 spiro atoms. The molecule has 2 heteroatoms. The van der Waals surface area contributed by atoms with E-state index in [0.717, 1.165) is 6.61 Å². The van der Waals surface area contributed by atoms with E-state index in [1.807, 2.05) is 0 Å². The van der Waals surface area contributed by atoms with Crippen molar-refractivity contribution in [3.63, 3.8) is 0 Å². The number of allylic oxidation sites excluding steroid dienone is 1. The average Bonchev–Trinajstić information content (AvgIpc) is 3.00. The first-order valence-corrected chi connectivity index (χ1v) is 6.90. The Morgan fingerprint density at radius 1 is 1.35 bits per heavy atom. The highest BCUT2D eigenvalue weighted by Crippen LogP contribution is 2.60. The van der Waals surface area contributed by atoms with Gasteiger partial charge in [0, 0.05) is 7.11 Å². The van der Waals surface area contributed by atoms with Gasteiger partial charge in [0.2, 0.25) is 0 Å². The Kier molecular flexibility index (Phi) is 6.21. The molecule has 17 heavy (non-hydrogen) atoms. The SMILES string of the molecule is C=C(C)[C@@]1(CCCCCC)C[C@H]1COCOC. The second-order valence-electron chi connectivity index (χ2n) is 5.43. The number of hydrogen-bond donors (Lipinski definition) is 0. The number of hydrogen-bond acceptors (Lipinski definition) is 2. The molecule has 0 heterocycles. The van der Waals surface area contributed by atoms with Crippen LogP contribution >= 0.6 is 0 Å². The predicted octanol–water partition coefficient (Wildman–Crippen LogP) is 4.16. The number of ether oxygens (including phenoxy) is 2. The topological polar surface area (TPSA) is 18.5 Å². The highest BCUT2D eigenvalue weighted by Gasteiger charge is 2.53. The smallest absolute Gasteiger partial charge is 0.146 e. The van der Waals surface area contributed by atoms with Crippen LogP contribution in [0.1, 0.15) is 52.4 Å². The van der Waals surface area contributed by atoms with Gasteiger partial charge in [-0.15, -0.1) is 0 Å². The standard InChI is InChI=1S/C15H28O2/c1-5-6-7-8-9-15(13(2)3)10-14(15)11-17-12-16-4/h14H,2,5-12H2,1,3-4H3/t14-,15+/m0/s1. The summed E-state index contributed by atoms with van der Waals surface area (Å²) in [6, 6.07) is 0. The van der Waals surface area contributed by atoms with Crippen LogP contribution in [-0.4, -0.2) is 20.5 Å². The molecule has 0 N–H and O–H groups in total. The van der Waals surface area contributed by atoms with Crippen LogP contribution in [0.2, 0.25) is 0 Å². The lowest BCUT2D eigenvalue weighted by atomic mass is 9.89. The summed E-state index contributed by atoms with van der Waals surface area (Å²) in [5.74, 6) is 0.678. The molecule has 0 amide bonds. The van der Waals surface area contributed by atoms with Crippen molar-refractivity contribution in [2.45, 2.75) is 52.4 Å². The molecule has 0 aromatic heterocycles. The maximum absolute atomic E-state index is 5.48. The highest BCUT2D eigenvalue weighted by molar-refractivity contribution is 5.20. The van der Waals surface area contributed by atoms with Gasteiger partial charge in [0.15, 0.2) is 0 Å². The van der Waals surface area contributed by atoms with Gasteiger partial charge >= 0.3 is 0 Å². The van der Waals surface area contributed by atoms with Crippen molar-refractivity contribution < 1.29 is 9.47 Å². The highest BCUT2D eigenvalue weighted by atomic mass is 16.7. The Balaban J connectivity index is 2.27. The van der Waals surface area contributed by atoms with E-state index in [9.17, 15) is 0 Å². The Labute approximate surface area is 106 Å². The molecule has 0 unspecified atom stereocenters. The average molecular weight is 240 g/mol. The molecule has 100 valence electrons. The summed E-state index contributed by atoms with van der Waals surface area (Å²) in [7, 11) is 1.67. The van der Waals surface area contributed by atoms with Crippen LogP contribution < -0.4 is 0 Å². The van der Waals surface area contributed by atoms with Gasteiger partial charge in [0.1, 0.15) is 6.79 Å². The minimum Gasteiger partial charge on any atom is -0.359 e. The third-order valence-electron chi connectivity index (χ3n) is 4.08. The summed E-state index contributed by atoms with van der Waals surface area (Å²) in [6.07, 6.45) is 7.91. The van der Waals surface area contributed by atoms with Crippen molar-refractivity contribution in [3.8, 4) is 0 Å². The summed E-state index contributed by atoms with van der Waals surface area (Å²) in [6.45, 7) is 9.86. The molecule has 1 fully saturated rings. The van der Waals surface area contributed by atoms with E-state index in [-0.39, 0.29) is 0 Å². The number of unbranched alkanes of at least 4 members (excludes halogenated alkanes) is 3. The van der Waals surface area contributed by atoms with Crippen LogP contribution in [0.25, 0.3) is 0 Å². The van der Waals surface area contributed by atoms with E-state index in [0.29, 0.717) is 18.1 Å². The van der Waals surface area contributed by atoms with Crippen LogP contribution in [0, 0.1) is 11.3 Å². The molecule has 0 saturated heterocycles. The fraction of sp³-hybridized carbons (Fsp3) is 0.867. The van der Waals surface area contributed by atoms with Gasteiger partial charge in [-0.05, 0) is 31.1 Å². The normalized spacial score (nSPS) is 27.1. The van der Waals surface area contributed by atoms with E-state index in [4.69, 9.17) is 9.47 Å². The molecule has 1 saturated carbocycles. The summed E-state index contributed by atoms with van der Waals surface area (Å²) < 4.78 is 10.4. The molecule has 0 bridgehead atoms. The molecule has 2 nitrogen and oxygen atoms in total. The van der Waals surface area contributed by atoms with Crippen molar-refractivity contribution in [1.82, 2.24) is 0 Å². The molecule has 0 radical (unpaired) electrons. The van der Waals surface area contributed by atoms with E-state index in [2.05, 4.69) is 20.4 Å². The Hall–Kier alpha value is -0.340. The Morgan fingerprint density at radius 2 is 2.12 bits per heavy atom. The van der Waals surface area contributed by atoms with Crippen molar-refractivity contribution in [2.24, 2.45) is 11.3 Å². The van der Waals surface area contributed by atoms with Gasteiger partial charge in [0.25, 0.3) is 0 Å². The molecule has 0 aliphatic heterocycles. The van der Waals surface area contributed by atoms with E-state index >= 15 is 0 Å². The van der Waals surface area contributed by atoms with E-state index in [1.54, 1.807) is 7.11 Å². The second-order valence-corrected chi connectivity index (χ2v) is 5.43. The van der Waals surface area contributed by atoms with Crippen LogP contribution in [0.15, 0.2) is 12.2 Å². The van der Waals surface area contributed by atoms with Crippen LogP contribution in [0.3, 0.4) is 0 Å². The maximum Gasteiger partial charge on any atom is 0.146 e. The Morgan fingerprint density at radius 3 is 2.71 bits per heavy atom. The fourth-order valence-electron chi connectivity index (χ4n) is 2.78. The van der Waals surface area contributed by atoms with Crippen LogP contribution in [0.5, 0.6) is 0 Å². The minimum absolute atomic E-state index is 0.390. The molecule has 0 aromatic carbocycles.